The quantitative estimate of drug-likeness (QED) is 0.166. The van der Waals surface area contributed by atoms with Gasteiger partial charge < -0.3 is 28.2 Å². The number of carbonyl (C=O) groups excluding carboxylic acids is 1. The molecule has 0 bridgehead atoms. The molecule has 0 N–H and O–H groups in total. The molecule has 3 aromatic carbocycles. The molecule has 0 spiro atoms. The van der Waals surface area contributed by atoms with E-state index in [1.807, 2.05) is 109 Å². The molecule has 0 saturated carbocycles. The molecule has 0 aliphatic heterocycles. The third-order valence-corrected chi connectivity index (χ3v) is 7.63. The third kappa shape index (κ3) is 6.75. The second-order valence-electron chi connectivity index (χ2n) is 10.3. The fourth-order valence-electron chi connectivity index (χ4n) is 5.23. The van der Waals surface area contributed by atoms with Crippen molar-refractivity contribution in [1.29, 1.82) is 0 Å². The Morgan fingerprint density at radius 2 is 1.53 bits per heavy atom. The molecule has 5 rings (SSSR count). The van der Waals surface area contributed by atoms with E-state index >= 15 is 0 Å². The number of pyridine rings is 1. The molecule has 0 fully saturated rings. The maximum atomic E-state index is 13.7. The smallest absolute Gasteiger partial charge is 0.223 e. The second kappa shape index (κ2) is 13.8. The maximum Gasteiger partial charge on any atom is 0.223 e. The Labute approximate surface area is 252 Å². The molecule has 8 nitrogen and oxygen atoms in total. The molecule has 1 amide bonds. The van der Waals surface area contributed by atoms with E-state index in [0.29, 0.717) is 42.5 Å². The first-order chi connectivity index (χ1) is 21.0. The van der Waals surface area contributed by atoms with Crippen molar-refractivity contribution in [3.63, 3.8) is 0 Å². The number of para-hydroxylation sites is 1. The summed E-state index contributed by atoms with van der Waals surface area (Å²) in [5.74, 6) is 2.46. The minimum absolute atomic E-state index is 0.0165. The molecule has 0 aliphatic rings. The number of carbonyl (C=O) groups is 1. The van der Waals surface area contributed by atoms with Crippen LogP contribution in [0, 0.1) is 0 Å². The number of aromatic nitrogens is 2. The van der Waals surface area contributed by atoms with Crippen molar-refractivity contribution in [1.82, 2.24) is 14.3 Å². The van der Waals surface area contributed by atoms with Gasteiger partial charge in [-0.25, -0.2) is 4.98 Å². The molecule has 1 atom stereocenters. The van der Waals surface area contributed by atoms with Crippen LogP contribution in [0.5, 0.6) is 23.0 Å². The Morgan fingerprint density at radius 3 is 2.30 bits per heavy atom. The minimum atomic E-state index is -0.299. The van der Waals surface area contributed by atoms with Crippen LogP contribution in [0.1, 0.15) is 34.7 Å². The van der Waals surface area contributed by atoms with E-state index in [9.17, 15) is 4.79 Å². The Balaban J connectivity index is 1.39. The number of likely N-dealkylation sites (N-methyl/N-ethyl adjacent to an activating group) is 1. The van der Waals surface area contributed by atoms with E-state index in [-0.39, 0.29) is 18.2 Å². The van der Waals surface area contributed by atoms with Crippen LogP contribution in [0.2, 0.25) is 0 Å². The Morgan fingerprint density at radius 1 is 0.814 bits per heavy atom. The summed E-state index contributed by atoms with van der Waals surface area (Å²) in [5.41, 5.74) is 4.63. The summed E-state index contributed by atoms with van der Waals surface area (Å²) in [6, 6.07) is 27.5. The number of fused-ring (bicyclic) bond motifs is 1. The zero-order valence-electron chi connectivity index (χ0n) is 25.0. The molecule has 5 aromatic rings. The highest BCUT2D eigenvalue weighted by Crippen LogP contribution is 2.36. The van der Waals surface area contributed by atoms with E-state index in [0.717, 1.165) is 28.1 Å². The maximum absolute atomic E-state index is 13.7. The van der Waals surface area contributed by atoms with E-state index in [1.54, 1.807) is 26.2 Å². The number of ether oxygens (including phenoxy) is 4. The number of nitrogens with zero attached hydrogens (tertiary/aromatic N) is 3. The van der Waals surface area contributed by atoms with Crippen LogP contribution < -0.4 is 18.9 Å². The Hall–Kier alpha value is -4.98. The standard InChI is InChI=1S/C35H37N3O5/c1-37(20-18-25-16-17-31(41-3)33(21-25)42-4)34(39)22-28(27-13-8-9-14-30(27)40-2)29-23-36-35-32(15-10-19-38(29)35)43-24-26-11-6-5-7-12-26/h5-17,19,21,23,28H,18,20,22,24H2,1-4H3. The molecule has 0 radical (unpaired) electrons. The number of imidazole rings is 1. The number of hydrogen-bond donors (Lipinski definition) is 0. The van der Waals surface area contributed by atoms with Crippen LogP contribution in [0.3, 0.4) is 0 Å². The van der Waals surface area contributed by atoms with Gasteiger partial charge in [-0.3, -0.25) is 4.79 Å². The highest BCUT2D eigenvalue weighted by atomic mass is 16.5. The van der Waals surface area contributed by atoms with Gasteiger partial charge in [0, 0.05) is 43.9 Å². The van der Waals surface area contributed by atoms with Crippen molar-refractivity contribution >= 4 is 11.6 Å². The summed E-state index contributed by atoms with van der Waals surface area (Å²) in [7, 11) is 6.72. The summed E-state index contributed by atoms with van der Waals surface area (Å²) in [4.78, 5) is 20.2. The molecule has 222 valence electrons. The molecular weight excluding hydrogens is 542 g/mol. The van der Waals surface area contributed by atoms with Gasteiger partial charge in [0.05, 0.1) is 27.0 Å². The summed E-state index contributed by atoms with van der Waals surface area (Å²) < 4.78 is 24.7. The lowest BCUT2D eigenvalue weighted by atomic mass is 9.91. The molecule has 1 unspecified atom stereocenters. The number of rotatable bonds is 13. The number of methoxy groups -OCH3 is 3. The lowest BCUT2D eigenvalue weighted by molar-refractivity contribution is -0.130. The lowest BCUT2D eigenvalue weighted by Gasteiger charge is -2.23. The SMILES string of the molecule is COc1ccc(CCN(C)C(=O)CC(c2ccccc2OC)c2cnc3c(OCc4ccccc4)cccn23)cc1OC. The Bertz CT molecular complexity index is 1670. The summed E-state index contributed by atoms with van der Waals surface area (Å²) in [6.45, 7) is 0.986. The molecule has 0 saturated heterocycles. The second-order valence-corrected chi connectivity index (χ2v) is 10.3. The molecule has 2 aromatic heterocycles. The van der Waals surface area contributed by atoms with Gasteiger partial charge in [0.2, 0.25) is 5.91 Å². The first-order valence-electron chi connectivity index (χ1n) is 14.2. The first-order valence-corrected chi connectivity index (χ1v) is 14.2. The Kier molecular flexibility index (Phi) is 9.46. The zero-order chi connectivity index (χ0) is 30.2. The van der Waals surface area contributed by atoms with Crippen molar-refractivity contribution in [2.45, 2.75) is 25.4 Å². The fourth-order valence-corrected chi connectivity index (χ4v) is 5.23. The molecule has 0 aliphatic carbocycles. The molecule has 43 heavy (non-hydrogen) atoms. The van der Waals surface area contributed by atoms with Crippen LogP contribution in [0.4, 0.5) is 0 Å². The normalized spacial score (nSPS) is 11.6. The minimum Gasteiger partial charge on any atom is -0.496 e. The molecular formula is C35H37N3O5. The topological polar surface area (TPSA) is 74.5 Å². The predicted molar refractivity (Wildman–Crippen MR) is 166 cm³/mol. The van der Waals surface area contributed by atoms with E-state index in [2.05, 4.69) is 0 Å². The number of hydrogen-bond acceptors (Lipinski definition) is 6. The summed E-state index contributed by atoms with van der Waals surface area (Å²) >= 11 is 0. The van der Waals surface area contributed by atoms with Crippen molar-refractivity contribution in [2.75, 3.05) is 34.9 Å². The average Bonchev–Trinajstić information content (AvgIpc) is 3.49. The van der Waals surface area contributed by atoms with Crippen LogP contribution in [0.15, 0.2) is 97.3 Å². The predicted octanol–water partition coefficient (Wildman–Crippen LogP) is 6.16. The highest BCUT2D eigenvalue weighted by Gasteiger charge is 2.26. The number of amides is 1. The largest absolute Gasteiger partial charge is 0.496 e. The van der Waals surface area contributed by atoms with Crippen LogP contribution >= 0.6 is 0 Å². The zero-order valence-corrected chi connectivity index (χ0v) is 25.0. The summed E-state index contributed by atoms with van der Waals surface area (Å²) in [5, 5.41) is 0. The van der Waals surface area contributed by atoms with Crippen molar-refractivity contribution in [3.8, 4) is 23.0 Å². The van der Waals surface area contributed by atoms with Gasteiger partial charge in [-0.15, -0.1) is 0 Å². The first kappa shape index (κ1) is 29.5. The van der Waals surface area contributed by atoms with Crippen LogP contribution in [0.25, 0.3) is 5.65 Å². The summed E-state index contributed by atoms with van der Waals surface area (Å²) in [6.07, 6.45) is 4.71. The number of benzene rings is 3. The molecule has 2 heterocycles. The monoisotopic (exact) mass is 579 g/mol. The van der Waals surface area contributed by atoms with Crippen molar-refractivity contribution in [3.05, 3.63) is 120 Å². The van der Waals surface area contributed by atoms with Crippen LogP contribution in [-0.4, -0.2) is 55.1 Å². The highest BCUT2D eigenvalue weighted by molar-refractivity contribution is 5.78. The van der Waals surface area contributed by atoms with Gasteiger partial charge >= 0.3 is 0 Å². The van der Waals surface area contributed by atoms with E-state index < -0.39 is 0 Å². The lowest BCUT2D eigenvalue weighted by Crippen LogP contribution is -2.30. The third-order valence-electron chi connectivity index (χ3n) is 7.63. The van der Waals surface area contributed by atoms with E-state index in [1.165, 1.54) is 0 Å². The van der Waals surface area contributed by atoms with Crippen LogP contribution in [-0.2, 0) is 17.8 Å². The van der Waals surface area contributed by atoms with E-state index in [4.69, 9.17) is 23.9 Å². The molecule has 8 heteroatoms. The van der Waals surface area contributed by atoms with Gasteiger partial charge in [0.15, 0.2) is 22.9 Å². The van der Waals surface area contributed by atoms with Gasteiger partial charge in [-0.05, 0) is 47.9 Å². The van der Waals surface area contributed by atoms with Gasteiger partial charge in [0.1, 0.15) is 12.4 Å². The average molecular weight is 580 g/mol. The van der Waals surface area contributed by atoms with Gasteiger partial charge in [-0.1, -0.05) is 54.6 Å². The van der Waals surface area contributed by atoms with Gasteiger partial charge in [-0.2, -0.15) is 0 Å². The van der Waals surface area contributed by atoms with Gasteiger partial charge in [0.25, 0.3) is 0 Å². The van der Waals surface area contributed by atoms with Crippen molar-refractivity contribution in [2.24, 2.45) is 0 Å². The fraction of sp³-hybridized carbons (Fsp3) is 0.257. The van der Waals surface area contributed by atoms with Crippen molar-refractivity contribution < 1.29 is 23.7 Å².